The third-order valence-electron chi connectivity index (χ3n) is 3.20. The Morgan fingerprint density at radius 3 is 2.32 bits per heavy atom. The minimum Gasteiger partial charge on any atom is -0.480 e. The summed E-state index contributed by atoms with van der Waals surface area (Å²) in [7, 11) is -0.888. The molecule has 8 heteroatoms. The summed E-state index contributed by atoms with van der Waals surface area (Å²) in [5.74, 6) is -1.69. The molecule has 0 bridgehead atoms. The van der Waals surface area contributed by atoms with Crippen molar-refractivity contribution in [1.82, 2.24) is 9.21 Å². The molecule has 0 saturated carbocycles. The van der Waals surface area contributed by atoms with Gasteiger partial charge in [0.2, 0.25) is 10.0 Å². The number of sulfonamides is 1. The monoisotopic (exact) mass is 328 g/mol. The van der Waals surface area contributed by atoms with Gasteiger partial charge in [-0.15, -0.1) is 0 Å². The molecule has 0 unspecified atom stereocenters. The normalized spacial score (nSPS) is 11.7. The van der Waals surface area contributed by atoms with Crippen LogP contribution < -0.4 is 0 Å². The number of likely N-dealkylation sites (N-methyl/N-ethyl adjacent to an activating group) is 1. The molecule has 0 aliphatic heterocycles. The molecule has 0 spiro atoms. The summed E-state index contributed by atoms with van der Waals surface area (Å²) >= 11 is 0. The van der Waals surface area contributed by atoms with E-state index in [9.17, 15) is 18.0 Å². The highest BCUT2D eigenvalue weighted by Gasteiger charge is 2.24. The van der Waals surface area contributed by atoms with Crippen LogP contribution in [0.1, 0.15) is 24.2 Å². The quantitative estimate of drug-likeness (QED) is 0.836. The molecule has 1 amide bonds. The lowest BCUT2D eigenvalue weighted by atomic mass is 10.2. The van der Waals surface area contributed by atoms with Crippen molar-refractivity contribution in [3.63, 3.8) is 0 Å². The van der Waals surface area contributed by atoms with Crippen LogP contribution in [0.25, 0.3) is 0 Å². The van der Waals surface area contributed by atoms with Crippen molar-refractivity contribution in [2.24, 2.45) is 0 Å². The van der Waals surface area contributed by atoms with E-state index >= 15 is 0 Å². The molecule has 0 aromatic heterocycles. The van der Waals surface area contributed by atoms with Crippen molar-refractivity contribution in [2.75, 3.05) is 20.6 Å². The van der Waals surface area contributed by atoms with E-state index in [1.54, 1.807) is 13.8 Å². The predicted molar refractivity (Wildman–Crippen MR) is 81.1 cm³/mol. The van der Waals surface area contributed by atoms with E-state index in [1.807, 2.05) is 0 Å². The minimum absolute atomic E-state index is 0.00160. The zero-order valence-corrected chi connectivity index (χ0v) is 13.8. The summed E-state index contributed by atoms with van der Waals surface area (Å²) in [5, 5.41) is 8.70. The maximum atomic E-state index is 12.4. The highest BCUT2D eigenvalue weighted by atomic mass is 32.2. The van der Waals surface area contributed by atoms with E-state index in [0.29, 0.717) is 0 Å². The van der Waals surface area contributed by atoms with Gasteiger partial charge in [-0.1, -0.05) is 6.07 Å². The largest absolute Gasteiger partial charge is 0.480 e. The third-order valence-corrected chi connectivity index (χ3v) is 5.23. The van der Waals surface area contributed by atoms with Crippen molar-refractivity contribution in [2.45, 2.75) is 24.8 Å². The molecular formula is C14H20N2O5S. The van der Waals surface area contributed by atoms with Crippen molar-refractivity contribution >= 4 is 21.9 Å². The highest BCUT2D eigenvalue weighted by Crippen LogP contribution is 2.18. The summed E-state index contributed by atoms with van der Waals surface area (Å²) in [6, 6.07) is 5.36. The first-order valence-electron chi connectivity index (χ1n) is 6.62. The van der Waals surface area contributed by atoms with Crippen molar-refractivity contribution in [3.05, 3.63) is 29.8 Å². The standard InChI is InChI=1S/C14H20N2O5S/c1-10(2)16(4)22(20,21)12-7-5-6-11(8-12)14(19)15(3)9-13(17)18/h5-8,10H,9H2,1-4H3,(H,17,18). The lowest BCUT2D eigenvalue weighted by Gasteiger charge is -2.21. The van der Waals surface area contributed by atoms with E-state index in [-0.39, 0.29) is 16.5 Å². The molecule has 0 heterocycles. The summed E-state index contributed by atoms with van der Waals surface area (Å²) in [6.07, 6.45) is 0. The van der Waals surface area contributed by atoms with Gasteiger partial charge >= 0.3 is 5.97 Å². The number of carbonyl (C=O) groups is 2. The Bertz CT molecular complexity index is 670. The zero-order valence-electron chi connectivity index (χ0n) is 13.0. The van der Waals surface area contributed by atoms with Gasteiger partial charge < -0.3 is 10.0 Å². The molecule has 0 fully saturated rings. The van der Waals surface area contributed by atoms with Gasteiger partial charge in [0.1, 0.15) is 6.54 Å². The van der Waals surface area contributed by atoms with Crippen LogP contribution in [0.15, 0.2) is 29.2 Å². The number of carboxylic acid groups (broad SMARTS) is 1. The second-order valence-corrected chi connectivity index (χ2v) is 7.20. The maximum absolute atomic E-state index is 12.4. The van der Waals surface area contributed by atoms with Crippen LogP contribution >= 0.6 is 0 Å². The highest BCUT2D eigenvalue weighted by molar-refractivity contribution is 7.89. The second-order valence-electron chi connectivity index (χ2n) is 5.20. The smallest absolute Gasteiger partial charge is 0.323 e. The molecule has 1 aromatic rings. The van der Waals surface area contributed by atoms with Gasteiger partial charge in [-0.3, -0.25) is 9.59 Å². The van der Waals surface area contributed by atoms with Gasteiger partial charge in [0.15, 0.2) is 0 Å². The summed E-state index contributed by atoms with van der Waals surface area (Å²) in [4.78, 5) is 23.8. The Morgan fingerprint density at radius 2 is 1.82 bits per heavy atom. The number of carbonyl (C=O) groups excluding carboxylic acids is 1. The molecule has 1 N–H and O–H groups in total. The average molecular weight is 328 g/mol. The molecule has 0 saturated heterocycles. The molecule has 122 valence electrons. The van der Waals surface area contributed by atoms with Gasteiger partial charge in [0, 0.05) is 25.7 Å². The third kappa shape index (κ3) is 4.05. The first-order chi connectivity index (χ1) is 10.1. The van der Waals surface area contributed by atoms with Gasteiger partial charge in [-0.2, -0.15) is 4.31 Å². The van der Waals surface area contributed by atoms with Crippen LogP contribution in [0.4, 0.5) is 0 Å². The molecule has 1 aromatic carbocycles. The number of hydrogen-bond acceptors (Lipinski definition) is 4. The Labute approximate surface area is 130 Å². The van der Waals surface area contributed by atoms with E-state index in [0.717, 1.165) is 4.90 Å². The fourth-order valence-corrected chi connectivity index (χ4v) is 3.14. The molecule has 0 radical (unpaired) electrons. The van der Waals surface area contributed by atoms with Crippen LogP contribution in [0, 0.1) is 0 Å². The Balaban J connectivity index is 3.15. The molecule has 0 atom stereocenters. The molecule has 0 aliphatic rings. The summed E-state index contributed by atoms with van der Waals surface area (Å²) in [5.41, 5.74) is 0.127. The predicted octanol–water partition coefficient (Wildman–Crippen LogP) is 0.872. The number of nitrogens with zero attached hydrogens (tertiary/aromatic N) is 2. The lowest BCUT2D eigenvalue weighted by Crippen LogP contribution is -2.34. The number of amides is 1. The summed E-state index contributed by atoms with van der Waals surface area (Å²) < 4.78 is 26.0. The first kappa shape index (κ1) is 18.1. The molecular weight excluding hydrogens is 308 g/mol. The van der Waals surface area contributed by atoms with E-state index < -0.39 is 28.4 Å². The van der Waals surface area contributed by atoms with Crippen molar-refractivity contribution < 1.29 is 23.1 Å². The maximum Gasteiger partial charge on any atom is 0.323 e. The fraction of sp³-hybridized carbons (Fsp3) is 0.429. The molecule has 7 nitrogen and oxygen atoms in total. The number of carboxylic acids is 1. The van der Waals surface area contributed by atoms with Crippen LogP contribution in [-0.2, 0) is 14.8 Å². The fourth-order valence-electron chi connectivity index (χ4n) is 1.73. The van der Waals surface area contributed by atoms with Gasteiger partial charge in [0.25, 0.3) is 5.91 Å². The van der Waals surface area contributed by atoms with Crippen LogP contribution in [0.3, 0.4) is 0 Å². The van der Waals surface area contributed by atoms with Crippen molar-refractivity contribution in [3.8, 4) is 0 Å². The van der Waals surface area contributed by atoms with Crippen LogP contribution in [-0.4, -0.2) is 61.3 Å². The Kier molecular flexibility index (Phi) is 5.67. The number of benzene rings is 1. The number of rotatable bonds is 6. The van der Waals surface area contributed by atoms with E-state index in [4.69, 9.17) is 5.11 Å². The van der Waals surface area contributed by atoms with Crippen LogP contribution in [0.2, 0.25) is 0 Å². The molecule has 22 heavy (non-hydrogen) atoms. The van der Waals surface area contributed by atoms with E-state index in [2.05, 4.69) is 0 Å². The molecule has 1 rings (SSSR count). The minimum atomic E-state index is -3.70. The summed E-state index contributed by atoms with van der Waals surface area (Å²) in [6.45, 7) is 3.03. The SMILES string of the molecule is CC(C)N(C)S(=O)(=O)c1cccc(C(=O)N(C)CC(=O)O)c1. The topological polar surface area (TPSA) is 95.0 Å². The van der Waals surface area contributed by atoms with Gasteiger partial charge in [-0.05, 0) is 32.0 Å². The number of aliphatic carboxylic acids is 1. The van der Waals surface area contributed by atoms with Crippen LogP contribution in [0.5, 0.6) is 0 Å². The van der Waals surface area contributed by atoms with Crippen molar-refractivity contribution in [1.29, 1.82) is 0 Å². The molecule has 0 aliphatic carbocycles. The zero-order chi connectivity index (χ0) is 17.1. The Morgan fingerprint density at radius 1 is 1.23 bits per heavy atom. The number of hydrogen-bond donors (Lipinski definition) is 1. The first-order valence-corrected chi connectivity index (χ1v) is 8.06. The van der Waals surface area contributed by atoms with Gasteiger partial charge in [0.05, 0.1) is 4.90 Å². The van der Waals surface area contributed by atoms with E-state index in [1.165, 1.54) is 42.7 Å². The lowest BCUT2D eigenvalue weighted by molar-refractivity contribution is -0.137. The average Bonchev–Trinajstić information content (AvgIpc) is 2.44. The Hall–Kier alpha value is -1.93. The van der Waals surface area contributed by atoms with Gasteiger partial charge in [-0.25, -0.2) is 8.42 Å². The second kappa shape index (κ2) is 6.89.